The van der Waals surface area contributed by atoms with Crippen molar-refractivity contribution >= 4 is 56.1 Å². The largest absolute Gasteiger partial charge is 0.359 e. The second-order valence-corrected chi connectivity index (χ2v) is 9.31. The highest BCUT2D eigenvalue weighted by Gasteiger charge is 2.28. The summed E-state index contributed by atoms with van der Waals surface area (Å²) in [6, 6.07) is 13.5. The van der Waals surface area contributed by atoms with Gasteiger partial charge in [0.05, 0.1) is 11.5 Å². The maximum Gasteiger partial charge on any atom is 0.255 e. The number of hydrogen-bond acceptors (Lipinski definition) is 4. The van der Waals surface area contributed by atoms with Gasteiger partial charge in [-0.25, -0.2) is 8.42 Å². The van der Waals surface area contributed by atoms with E-state index >= 15 is 0 Å². The van der Waals surface area contributed by atoms with Crippen LogP contribution in [0, 0.1) is 0 Å². The molecule has 0 aromatic heterocycles. The van der Waals surface area contributed by atoms with E-state index in [2.05, 4.69) is 16.0 Å². The fourth-order valence-electron chi connectivity index (χ4n) is 2.70. The second kappa shape index (κ2) is 8.24. The number of carbonyl (C=O) groups excluding carboxylic acids is 1. The van der Waals surface area contributed by atoms with Gasteiger partial charge in [0.1, 0.15) is 0 Å². The lowest BCUT2D eigenvalue weighted by Crippen LogP contribution is -2.38. The first-order chi connectivity index (χ1) is 12.8. The van der Waals surface area contributed by atoms with Crippen LogP contribution in [0.15, 0.2) is 48.5 Å². The molecule has 9 heteroatoms. The number of hydrogen-bond donors (Lipinski definition) is 3. The second-order valence-electron chi connectivity index (χ2n) is 6.24. The first-order valence-electron chi connectivity index (χ1n) is 8.26. The first-order valence-corrected chi connectivity index (χ1v) is 10.9. The van der Waals surface area contributed by atoms with Gasteiger partial charge in [-0.3, -0.25) is 4.79 Å². The highest BCUT2D eigenvalue weighted by atomic mass is 35.5. The summed E-state index contributed by atoms with van der Waals surface area (Å²) >= 11 is 11.0. The minimum Gasteiger partial charge on any atom is -0.359 e. The molecule has 3 rings (SSSR count). The van der Waals surface area contributed by atoms with Gasteiger partial charge in [-0.05, 0) is 67.2 Å². The van der Waals surface area contributed by atoms with Gasteiger partial charge in [0.25, 0.3) is 5.91 Å². The lowest BCUT2D eigenvalue weighted by Gasteiger charge is -2.15. The number of thiocarbonyl (C=S) groups is 1. The van der Waals surface area contributed by atoms with Crippen molar-refractivity contribution in [3.05, 3.63) is 59.1 Å². The fourth-order valence-corrected chi connectivity index (χ4v) is 4.79. The van der Waals surface area contributed by atoms with Gasteiger partial charge >= 0.3 is 0 Å². The third-order valence-electron chi connectivity index (χ3n) is 4.07. The van der Waals surface area contributed by atoms with Gasteiger partial charge < -0.3 is 16.0 Å². The van der Waals surface area contributed by atoms with Crippen LogP contribution in [0.25, 0.3) is 0 Å². The Balaban J connectivity index is 1.53. The van der Waals surface area contributed by atoms with Crippen LogP contribution in [-0.4, -0.2) is 37.0 Å². The molecule has 2 aromatic carbocycles. The van der Waals surface area contributed by atoms with Crippen LogP contribution in [0.2, 0.25) is 5.02 Å². The van der Waals surface area contributed by atoms with E-state index in [1.54, 1.807) is 48.5 Å². The zero-order valence-electron chi connectivity index (χ0n) is 14.2. The smallest absolute Gasteiger partial charge is 0.255 e. The number of halogens is 1. The van der Waals surface area contributed by atoms with E-state index in [4.69, 9.17) is 23.8 Å². The predicted octanol–water partition coefficient (Wildman–Crippen LogP) is 3.07. The average molecular weight is 424 g/mol. The SMILES string of the molecule is O=C(Nc1ccc(NC(=S)NC2CCS(=O)(=O)C2)cc1)c1ccc(Cl)cc1. The highest BCUT2D eigenvalue weighted by molar-refractivity contribution is 7.91. The Hall–Kier alpha value is -2.16. The van der Waals surface area contributed by atoms with E-state index in [0.29, 0.717) is 27.8 Å². The molecule has 1 amide bonds. The van der Waals surface area contributed by atoms with Gasteiger partial charge in [0, 0.05) is 28.0 Å². The van der Waals surface area contributed by atoms with Crippen molar-refractivity contribution < 1.29 is 13.2 Å². The Bertz CT molecular complexity index is 945. The summed E-state index contributed by atoms with van der Waals surface area (Å²) in [4.78, 5) is 12.2. The summed E-state index contributed by atoms with van der Waals surface area (Å²) in [6.45, 7) is 0. The van der Waals surface area contributed by atoms with Crippen LogP contribution >= 0.6 is 23.8 Å². The molecule has 6 nitrogen and oxygen atoms in total. The van der Waals surface area contributed by atoms with E-state index in [0.717, 1.165) is 5.69 Å². The number of rotatable bonds is 4. The third-order valence-corrected chi connectivity index (χ3v) is 6.31. The molecule has 2 aromatic rings. The maximum atomic E-state index is 12.2. The number of carbonyl (C=O) groups is 1. The topological polar surface area (TPSA) is 87.3 Å². The molecule has 1 unspecified atom stereocenters. The van der Waals surface area contributed by atoms with Gasteiger partial charge in [-0.1, -0.05) is 11.6 Å². The Labute approximate surface area is 168 Å². The lowest BCUT2D eigenvalue weighted by molar-refractivity contribution is 0.102. The van der Waals surface area contributed by atoms with Crippen LogP contribution in [0.3, 0.4) is 0 Å². The van der Waals surface area contributed by atoms with Crippen molar-refractivity contribution in [3.63, 3.8) is 0 Å². The molecule has 3 N–H and O–H groups in total. The molecule has 27 heavy (non-hydrogen) atoms. The molecular weight excluding hydrogens is 406 g/mol. The molecule has 0 radical (unpaired) electrons. The molecule has 1 fully saturated rings. The van der Waals surface area contributed by atoms with Crippen molar-refractivity contribution in [2.45, 2.75) is 12.5 Å². The summed E-state index contributed by atoms with van der Waals surface area (Å²) < 4.78 is 23.0. The van der Waals surface area contributed by atoms with Crippen molar-refractivity contribution in [2.75, 3.05) is 22.1 Å². The number of amides is 1. The van der Waals surface area contributed by atoms with Crippen LogP contribution < -0.4 is 16.0 Å². The standard InChI is InChI=1S/C18H18ClN3O3S2/c19-13-3-1-12(2-4-13)17(23)20-14-5-7-15(8-6-14)21-18(26)22-16-9-10-27(24,25)11-16/h1-8,16H,9-11H2,(H,20,23)(H2,21,22,26). The molecule has 0 saturated carbocycles. The number of benzene rings is 2. The number of nitrogens with one attached hydrogen (secondary N) is 3. The van der Waals surface area contributed by atoms with E-state index in [-0.39, 0.29) is 23.5 Å². The Kier molecular flexibility index (Phi) is 5.98. The summed E-state index contributed by atoms with van der Waals surface area (Å²) in [7, 11) is -2.95. The van der Waals surface area contributed by atoms with Gasteiger partial charge in [-0.15, -0.1) is 0 Å². The number of anilines is 2. The minimum atomic E-state index is -2.95. The van der Waals surface area contributed by atoms with Crippen molar-refractivity contribution in [1.82, 2.24) is 5.32 Å². The highest BCUT2D eigenvalue weighted by Crippen LogP contribution is 2.16. The monoisotopic (exact) mass is 423 g/mol. The van der Waals surface area contributed by atoms with Crippen molar-refractivity contribution in [1.29, 1.82) is 0 Å². The molecule has 0 spiro atoms. The molecule has 1 atom stereocenters. The summed E-state index contributed by atoms with van der Waals surface area (Å²) in [5, 5.41) is 9.77. The summed E-state index contributed by atoms with van der Waals surface area (Å²) in [6.07, 6.45) is 0.555. The molecule has 1 aliphatic rings. The van der Waals surface area contributed by atoms with Crippen molar-refractivity contribution in [2.24, 2.45) is 0 Å². The van der Waals surface area contributed by atoms with Crippen molar-refractivity contribution in [3.8, 4) is 0 Å². The molecule has 1 heterocycles. The predicted molar refractivity (Wildman–Crippen MR) is 112 cm³/mol. The van der Waals surface area contributed by atoms with E-state index in [1.807, 2.05) is 0 Å². The fraction of sp³-hybridized carbons (Fsp3) is 0.222. The third kappa shape index (κ3) is 5.66. The average Bonchev–Trinajstić information content (AvgIpc) is 2.95. The Morgan fingerprint density at radius 1 is 1.00 bits per heavy atom. The zero-order chi connectivity index (χ0) is 19.4. The molecule has 1 aliphatic heterocycles. The number of sulfone groups is 1. The van der Waals surface area contributed by atoms with Gasteiger partial charge in [0.15, 0.2) is 14.9 Å². The van der Waals surface area contributed by atoms with E-state index in [9.17, 15) is 13.2 Å². The molecule has 142 valence electrons. The van der Waals surface area contributed by atoms with Gasteiger partial charge in [-0.2, -0.15) is 0 Å². The first kappa shape index (κ1) is 19.6. The van der Waals surface area contributed by atoms with Crippen LogP contribution in [-0.2, 0) is 9.84 Å². The van der Waals surface area contributed by atoms with Crippen LogP contribution in [0.1, 0.15) is 16.8 Å². The zero-order valence-corrected chi connectivity index (χ0v) is 16.6. The molecular formula is C18H18ClN3O3S2. The Morgan fingerprint density at radius 2 is 1.59 bits per heavy atom. The maximum absolute atomic E-state index is 12.2. The summed E-state index contributed by atoms with van der Waals surface area (Å²) in [5.74, 6) is 0.0618. The molecule has 0 bridgehead atoms. The summed E-state index contributed by atoms with van der Waals surface area (Å²) in [5.41, 5.74) is 1.89. The lowest BCUT2D eigenvalue weighted by atomic mass is 10.2. The van der Waals surface area contributed by atoms with Crippen LogP contribution in [0.4, 0.5) is 11.4 Å². The molecule has 0 aliphatic carbocycles. The van der Waals surface area contributed by atoms with Crippen LogP contribution in [0.5, 0.6) is 0 Å². The minimum absolute atomic E-state index is 0.102. The quantitative estimate of drug-likeness (QED) is 0.655. The van der Waals surface area contributed by atoms with E-state index < -0.39 is 9.84 Å². The normalized spacial score (nSPS) is 17.9. The Morgan fingerprint density at radius 3 is 2.15 bits per heavy atom. The van der Waals surface area contributed by atoms with E-state index in [1.165, 1.54) is 0 Å². The van der Waals surface area contributed by atoms with Gasteiger partial charge in [0.2, 0.25) is 0 Å². The molecule has 1 saturated heterocycles.